The molecule has 1 saturated heterocycles. The Bertz CT molecular complexity index is 735. The maximum absolute atomic E-state index is 12.9. The molecule has 1 aromatic carbocycles. The predicted molar refractivity (Wildman–Crippen MR) is 99.7 cm³/mol. The van der Waals surface area contributed by atoms with Crippen LogP contribution in [0.15, 0.2) is 36.5 Å². The number of ether oxygens (including phenoxy) is 1. The van der Waals surface area contributed by atoms with Gasteiger partial charge in [-0.3, -0.25) is 4.79 Å². The van der Waals surface area contributed by atoms with Crippen LogP contribution in [-0.4, -0.2) is 28.5 Å². The molecule has 4 heteroatoms. The molecular formula is C21H28N2O2. The monoisotopic (exact) mass is 340 g/mol. The smallest absolute Gasteiger partial charge is 0.261 e. The molecule has 1 fully saturated rings. The summed E-state index contributed by atoms with van der Waals surface area (Å²) in [5, 5.41) is 0. The van der Waals surface area contributed by atoms with E-state index in [4.69, 9.17) is 4.74 Å². The van der Waals surface area contributed by atoms with Gasteiger partial charge in [-0.1, -0.05) is 25.0 Å². The zero-order chi connectivity index (χ0) is 17.8. The quantitative estimate of drug-likeness (QED) is 0.837. The fourth-order valence-corrected chi connectivity index (χ4v) is 3.62. The van der Waals surface area contributed by atoms with E-state index in [-0.39, 0.29) is 18.6 Å². The summed E-state index contributed by atoms with van der Waals surface area (Å²) in [7, 11) is 2.05. The Morgan fingerprint density at radius 3 is 2.80 bits per heavy atom. The van der Waals surface area contributed by atoms with E-state index in [1.807, 2.05) is 30.9 Å². The van der Waals surface area contributed by atoms with Crippen LogP contribution in [0.3, 0.4) is 0 Å². The third-order valence-corrected chi connectivity index (χ3v) is 5.09. The summed E-state index contributed by atoms with van der Waals surface area (Å²) in [5.41, 5.74) is 3.42. The first-order valence-corrected chi connectivity index (χ1v) is 9.17. The lowest BCUT2D eigenvalue weighted by Crippen LogP contribution is -2.38. The SMILES string of the molecule is Cc1ccc(C)c(OCC(=O)N2CCCCC[C@H]2c2cccn2C)c1. The standard InChI is InChI=1S/C21H28N2O2/c1-16-10-11-17(2)20(14-16)25-15-21(24)23-13-6-4-5-8-19(23)18-9-7-12-22(18)3/h7,9-12,14,19H,4-6,8,13,15H2,1-3H3/t19-/m0/s1. The van der Waals surface area contributed by atoms with Gasteiger partial charge in [-0.15, -0.1) is 0 Å². The van der Waals surface area contributed by atoms with E-state index in [0.29, 0.717) is 0 Å². The molecule has 3 rings (SSSR count). The maximum Gasteiger partial charge on any atom is 0.261 e. The molecule has 25 heavy (non-hydrogen) atoms. The number of nitrogens with zero attached hydrogens (tertiary/aromatic N) is 2. The molecule has 1 aromatic heterocycles. The Labute approximate surface area is 150 Å². The number of hydrogen-bond donors (Lipinski definition) is 0. The van der Waals surface area contributed by atoms with E-state index in [1.165, 1.54) is 12.1 Å². The second-order valence-electron chi connectivity index (χ2n) is 7.05. The van der Waals surface area contributed by atoms with Crippen LogP contribution in [0.2, 0.25) is 0 Å². The number of carbonyl (C=O) groups excluding carboxylic acids is 1. The van der Waals surface area contributed by atoms with Gasteiger partial charge < -0.3 is 14.2 Å². The van der Waals surface area contributed by atoms with Crippen molar-refractivity contribution in [3.8, 4) is 5.75 Å². The van der Waals surface area contributed by atoms with Gasteiger partial charge in [0.25, 0.3) is 5.91 Å². The first-order chi connectivity index (χ1) is 12.1. The van der Waals surface area contributed by atoms with Crippen LogP contribution in [0.5, 0.6) is 5.75 Å². The molecule has 0 N–H and O–H groups in total. The third-order valence-electron chi connectivity index (χ3n) is 5.09. The summed E-state index contributed by atoms with van der Waals surface area (Å²) < 4.78 is 8.00. The van der Waals surface area contributed by atoms with Crippen LogP contribution >= 0.6 is 0 Å². The van der Waals surface area contributed by atoms with Crippen molar-refractivity contribution >= 4 is 5.91 Å². The fraction of sp³-hybridized carbons (Fsp3) is 0.476. The summed E-state index contributed by atoms with van der Waals surface area (Å²) in [6, 6.07) is 10.4. The van der Waals surface area contributed by atoms with Crippen molar-refractivity contribution in [3.05, 3.63) is 53.3 Å². The Hall–Kier alpha value is -2.23. The molecule has 0 radical (unpaired) electrons. The van der Waals surface area contributed by atoms with Gasteiger partial charge in [0, 0.05) is 25.5 Å². The number of amides is 1. The topological polar surface area (TPSA) is 34.5 Å². The normalized spacial score (nSPS) is 18.0. The highest BCUT2D eigenvalue weighted by molar-refractivity contribution is 5.78. The van der Waals surface area contributed by atoms with Gasteiger partial charge in [0.1, 0.15) is 5.75 Å². The number of hydrogen-bond acceptors (Lipinski definition) is 2. The largest absolute Gasteiger partial charge is 0.483 e. The van der Waals surface area contributed by atoms with Gasteiger partial charge >= 0.3 is 0 Å². The number of rotatable bonds is 4. The summed E-state index contributed by atoms with van der Waals surface area (Å²) in [6.45, 7) is 4.96. The lowest BCUT2D eigenvalue weighted by Gasteiger charge is -2.30. The van der Waals surface area contributed by atoms with Gasteiger partial charge in [0.15, 0.2) is 6.61 Å². The molecule has 1 aliphatic heterocycles. The Balaban J connectivity index is 1.74. The van der Waals surface area contributed by atoms with E-state index >= 15 is 0 Å². The van der Waals surface area contributed by atoms with Crippen LogP contribution in [0.25, 0.3) is 0 Å². The van der Waals surface area contributed by atoms with Crippen molar-refractivity contribution in [1.82, 2.24) is 9.47 Å². The second-order valence-corrected chi connectivity index (χ2v) is 7.05. The number of aryl methyl sites for hydroxylation is 3. The Morgan fingerprint density at radius 2 is 2.04 bits per heavy atom. The highest BCUT2D eigenvalue weighted by Crippen LogP contribution is 2.30. The molecule has 0 unspecified atom stereocenters. The molecule has 2 aromatic rings. The molecule has 4 nitrogen and oxygen atoms in total. The van der Waals surface area contributed by atoms with E-state index < -0.39 is 0 Å². The van der Waals surface area contributed by atoms with Crippen LogP contribution in [0.4, 0.5) is 0 Å². The van der Waals surface area contributed by atoms with Crippen molar-refractivity contribution in [1.29, 1.82) is 0 Å². The lowest BCUT2D eigenvalue weighted by molar-refractivity contribution is -0.136. The summed E-state index contributed by atoms with van der Waals surface area (Å²) in [6.07, 6.45) is 6.48. The summed E-state index contributed by atoms with van der Waals surface area (Å²) in [5.74, 6) is 0.882. The molecule has 1 aliphatic rings. The zero-order valence-electron chi connectivity index (χ0n) is 15.5. The Kier molecular flexibility index (Phi) is 5.47. The van der Waals surface area contributed by atoms with Gasteiger partial charge in [0.05, 0.1) is 6.04 Å². The minimum absolute atomic E-state index is 0.0778. The van der Waals surface area contributed by atoms with Gasteiger partial charge in [-0.25, -0.2) is 0 Å². The maximum atomic E-state index is 12.9. The lowest BCUT2D eigenvalue weighted by atomic mass is 10.1. The fourth-order valence-electron chi connectivity index (χ4n) is 3.62. The van der Waals surface area contributed by atoms with Gasteiger partial charge in [-0.05, 0) is 56.0 Å². The van der Waals surface area contributed by atoms with E-state index in [1.54, 1.807) is 0 Å². The molecular weight excluding hydrogens is 312 g/mol. The van der Waals surface area contributed by atoms with Crippen molar-refractivity contribution in [3.63, 3.8) is 0 Å². The molecule has 0 saturated carbocycles. The summed E-state index contributed by atoms with van der Waals surface area (Å²) in [4.78, 5) is 15.0. The number of likely N-dealkylation sites (tertiary alicyclic amines) is 1. The van der Waals surface area contributed by atoms with Crippen LogP contribution in [-0.2, 0) is 11.8 Å². The van der Waals surface area contributed by atoms with Crippen LogP contribution in [0, 0.1) is 13.8 Å². The molecule has 1 amide bonds. The first kappa shape index (κ1) is 17.6. The van der Waals surface area contributed by atoms with E-state index in [2.05, 4.69) is 36.0 Å². The molecule has 0 bridgehead atoms. The average molecular weight is 340 g/mol. The van der Waals surface area contributed by atoms with Crippen molar-refractivity contribution in [2.24, 2.45) is 7.05 Å². The number of aromatic nitrogens is 1. The average Bonchev–Trinajstić information content (AvgIpc) is 2.87. The van der Waals surface area contributed by atoms with Gasteiger partial charge in [-0.2, -0.15) is 0 Å². The number of benzene rings is 1. The van der Waals surface area contributed by atoms with Crippen molar-refractivity contribution in [2.45, 2.75) is 45.6 Å². The van der Waals surface area contributed by atoms with E-state index in [0.717, 1.165) is 42.7 Å². The second kappa shape index (κ2) is 7.77. The van der Waals surface area contributed by atoms with Crippen LogP contribution in [0.1, 0.15) is 48.5 Å². The first-order valence-electron chi connectivity index (χ1n) is 9.17. The molecule has 2 heterocycles. The van der Waals surface area contributed by atoms with Crippen molar-refractivity contribution in [2.75, 3.05) is 13.2 Å². The highest BCUT2D eigenvalue weighted by atomic mass is 16.5. The zero-order valence-corrected chi connectivity index (χ0v) is 15.5. The van der Waals surface area contributed by atoms with Crippen LogP contribution < -0.4 is 4.74 Å². The van der Waals surface area contributed by atoms with E-state index in [9.17, 15) is 4.79 Å². The van der Waals surface area contributed by atoms with Crippen molar-refractivity contribution < 1.29 is 9.53 Å². The molecule has 0 spiro atoms. The third kappa shape index (κ3) is 4.06. The highest BCUT2D eigenvalue weighted by Gasteiger charge is 2.28. The predicted octanol–water partition coefficient (Wildman–Crippen LogP) is 4.16. The Morgan fingerprint density at radius 1 is 1.20 bits per heavy atom. The molecule has 0 aliphatic carbocycles. The van der Waals surface area contributed by atoms with Gasteiger partial charge in [0.2, 0.25) is 0 Å². The minimum atomic E-state index is 0.0778. The molecule has 1 atom stereocenters. The molecule has 134 valence electrons. The minimum Gasteiger partial charge on any atom is -0.483 e. The number of carbonyl (C=O) groups is 1. The summed E-state index contributed by atoms with van der Waals surface area (Å²) >= 11 is 0.